The summed E-state index contributed by atoms with van der Waals surface area (Å²) in [5.41, 5.74) is 0.974. The van der Waals surface area contributed by atoms with Gasteiger partial charge in [0, 0.05) is 37.1 Å². The van der Waals surface area contributed by atoms with Gasteiger partial charge >= 0.3 is 6.09 Å². The Morgan fingerprint density at radius 1 is 0.978 bits per heavy atom. The molecule has 2 atom stereocenters. The Bertz CT molecular complexity index is 1690. The van der Waals surface area contributed by atoms with Gasteiger partial charge < -0.3 is 23.8 Å². The molecular weight excluding hydrogens is 599 g/mol. The average Bonchev–Trinajstić information content (AvgIpc) is 3.64. The molecule has 0 aliphatic carbocycles. The molecule has 2 N–H and O–H groups in total. The SMILES string of the molecule is O=C1CCC(N2Cc3ccc(COC(=O)Nc4ccc(Oc5ccc(F)c(F)c5)cc4F)c(O[C@@H]4CCOC4)c3C2=O)C(=O)N1. The molecule has 0 bridgehead atoms. The van der Waals surface area contributed by atoms with Crippen LogP contribution in [0.25, 0.3) is 0 Å². The van der Waals surface area contributed by atoms with Crippen molar-refractivity contribution in [3.63, 3.8) is 0 Å². The van der Waals surface area contributed by atoms with Crippen LogP contribution in [0.5, 0.6) is 17.2 Å². The molecule has 0 radical (unpaired) electrons. The molecule has 6 rings (SSSR count). The van der Waals surface area contributed by atoms with Crippen LogP contribution >= 0.6 is 0 Å². The number of carbonyl (C=O) groups is 4. The van der Waals surface area contributed by atoms with Gasteiger partial charge in [0.1, 0.15) is 36.0 Å². The van der Waals surface area contributed by atoms with Gasteiger partial charge in [-0.1, -0.05) is 12.1 Å². The second kappa shape index (κ2) is 12.5. The van der Waals surface area contributed by atoms with Gasteiger partial charge in [0.25, 0.3) is 5.91 Å². The molecule has 14 heteroatoms. The third kappa shape index (κ3) is 6.41. The van der Waals surface area contributed by atoms with Crippen LogP contribution in [0.1, 0.15) is 40.7 Å². The number of rotatable bonds is 8. The minimum Gasteiger partial charge on any atom is -0.487 e. The summed E-state index contributed by atoms with van der Waals surface area (Å²) in [5.74, 6) is -4.34. The van der Waals surface area contributed by atoms with Crippen molar-refractivity contribution in [1.29, 1.82) is 0 Å². The number of halogens is 3. The topological polar surface area (TPSA) is 132 Å². The number of ether oxygens (including phenoxy) is 4. The van der Waals surface area contributed by atoms with E-state index in [4.69, 9.17) is 18.9 Å². The zero-order valence-corrected chi connectivity index (χ0v) is 23.6. The summed E-state index contributed by atoms with van der Waals surface area (Å²) in [7, 11) is 0. The smallest absolute Gasteiger partial charge is 0.412 e. The molecule has 3 aromatic rings. The summed E-state index contributed by atoms with van der Waals surface area (Å²) < 4.78 is 63.6. The van der Waals surface area contributed by atoms with Crippen molar-refractivity contribution in [3.05, 3.63) is 82.7 Å². The maximum Gasteiger partial charge on any atom is 0.412 e. The minimum absolute atomic E-state index is 0.0238. The fraction of sp³-hybridized carbons (Fsp3) is 0.290. The van der Waals surface area contributed by atoms with Crippen molar-refractivity contribution in [1.82, 2.24) is 10.2 Å². The molecule has 3 aliphatic heterocycles. The highest BCUT2D eigenvalue weighted by molar-refractivity contribution is 6.06. The van der Waals surface area contributed by atoms with E-state index in [1.54, 1.807) is 12.1 Å². The molecule has 1 unspecified atom stereocenters. The monoisotopic (exact) mass is 625 g/mol. The number of hydrogen-bond acceptors (Lipinski definition) is 8. The highest BCUT2D eigenvalue weighted by atomic mass is 19.2. The summed E-state index contributed by atoms with van der Waals surface area (Å²) >= 11 is 0. The number of imide groups is 1. The molecule has 4 amide bonds. The third-order valence-electron chi connectivity index (χ3n) is 7.56. The highest BCUT2D eigenvalue weighted by Crippen LogP contribution is 2.38. The van der Waals surface area contributed by atoms with Gasteiger partial charge in [0.05, 0.1) is 24.5 Å². The molecule has 0 saturated carbocycles. The number of nitrogens with zero attached hydrogens (tertiary/aromatic N) is 1. The van der Waals surface area contributed by atoms with E-state index < -0.39 is 47.3 Å². The molecule has 2 saturated heterocycles. The van der Waals surface area contributed by atoms with Crippen LogP contribution in [0.2, 0.25) is 0 Å². The van der Waals surface area contributed by atoms with Gasteiger partial charge in [-0.05, 0) is 36.2 Å². The second-order valence-corrected chi connectivity index (χ2v) is 10.6. The van der Waals surface area contributed by atoms with Crippen LogP contribution in [0.15, 0.2) is 48.5 Å². The Labute approximate surface area is 254 Å². The number of nitrogens with one attached hydrogen (secondary N) is 2. The lowest BCUT2D eigenvalue weighted by Gasteiger charge is -2.29. The fourth-order valence-electron chi connectivity index (χ4n) is 5.31. The Hall–Kier alpha value is -5.11. The molecule has 3 heterocycles. The lowest BCUT2D eigenvalue weighted by Crippen LogP contribution is -2.52. The van der Waals surface area contributed by atoms with Gasteiger partial charge in [-0.2, -0.15) is 0 Å². The first-order chi connectivity index (χ1) is 21.7. The van der Waals surface area contributed by atoms with E-state index in [-0.39, 0.29) is 60.6 Å². The van der Waals surface area contributed by atoms with Crippen LogP contribution in [0, 0.1) is 17.5 Å². The zero-order valence-electron chi connectivity index (χ0n) is 23.6. The van der Waals surface area contributed by atoms with Gasteiger partial charge in [-0.3, -0.25) is 25.0 Å². The molecule has 0 aromatic heterocycles. The first-order valence-electron chi connectivity index (χ1n) is 14.1. The number of amides is 4. The van der Waals surface area contributed by atoms with Crippen LogP contribution in [-0.2, 0) is 32.2 Å². The molecule has 11 nitrogen and oxygen atoms in total. The summed E-state index contributed by atoms with van der Waals surface area (Å²) in [6.07, 6.45) is -0.484. The van der Waals surface area contributed by atoms with E-state index in [1.807, 2.05) is 0 Å². The van der Waals surface area contributed by atoms with E-state index in [0.29, 0.717) is 30.8 Å². The van der Waals surface area contributed by atoms with Gasteiger partial charge in [0.2, 0.25) is 11.8 Å². The highest BCUT2D eigenvalue weighted by Gasteiger charge is 2.41. The third-order valence-corrected chi connectivity index (χ3v) is 7.56. The number of carbonyl (C=O) groups excluding carboxylic acids is 4. The lowest BCUT2D eigenvalue weighted by molar-refractivity contribution is -0.136. The van der Waals surface area contributed by atoms with Crippen molar-refractivity contribution in [2.24, 2.45) is 0 Å². The fourth-order valence-corrected chi connectivity index (χ4v) is 5.31. The normalized spacial score (nSPS) is 19.3. The first kappa shape index (κ1) is 29.9. The molecule has 45 heavy (non-hydrogen) atoms. The van der Waals surface area contributed by atoms with Crippen molar-refractivity contribution in [2.75, 3.05) is 18.5 Å². The lowest BCUT2D eigenvalue weighted by atomic mass is 10.0. The summed E-state index contributed by atoms with van der Waals surface area (Å²) in [4.78, 5) is 51.8. The maximum atomic E-state index is 14.7. The maximum absolute atomic E-state index is 14.7. The summed E-state index contributed by atoms with van der Waals surface area (Å²) in [5, 5.41) is 4.56. The Morgan fingerprint density at radius 3 is 2.47 bits per heavy atom. The van der Waals surface area contributed by atoms with Crippen molar-refractivity contribution >= 4 is 29.5 Å². The van der Waals surface area contributed by atoms with E-state index in [0.717, 1.165) is 18.2 Å². The van der Waals surface area contributed by atoms with E-state index in [1.165, 1.54) is 23.1 Å². The molecule has 3 aromatic carbocycles. The van der Waals surface area contributed by atoms with Crippen molar-refractivity contribution < 1.29 is 51.3 Å². The Balaban J connectivity index is 1.15. The predicted octanol–water partition coefficient (Wildman–Crippen LogP) is 4.57. The van der Waals surface area contributed by atoms with Crippen LogP contribution < -0.4 is 20.1 Å². The van der Waals surface area contributed by atoms with Crippen LogP contribution in [-0.4, -0.2) is 54.1 Å². The average molecular weight is 626 g/mol. The van der Waals surface area contributed by atoms with Crippen LogP contribution in [0.4, 0.5) is 23.7 Å². The van der Waals surface area contributed by atoms with Gasteiger partial charge in [-0.15, -0.1) is 0 Å². The number of piperidine rings is 1. The largest absolute Gasteiger partial charge is 0.487 e. The molecule has 3 aliphatic rings. The minimum atomic E-state index is -1.13. The molecule has 0 spiro atoms. The van der Waals surface area contributed by atoms with Crippen molar-refractivity contribution in [2.45, 2.75) is 44.6 Å². The Kier molecular flexibility index (Phi) is 8.30. The summed E-state index contributed by atoms with van der Waals surface area (Å²) in [6.45, 7) is 0.562. The van der Waals surface area contributed by atoms with Crippen molar-refractivity contribution in [3.8, 4) is 17.2 Å². The quantitative estimate of drug-likeness (QED) is 0.348. The Morgan fingerprint density at radius 2 is 1.76 bits per heavy atom. The predicted molar refractivity (Wildman–Crippen MR) is 149 cm³/mol. The molecule has 234 valence electrons. The number of benzene rings is 3. The van der Waals surface area contributed by atoms with Gasteiger partial charge in [0.15, 0.2) is 17.5 Å². The van der Waals surface area contributed by atoms with Gasteiger partial charge in [-0.25, -0.2) is 18.0 Å². The summed E-state index contributed by atoms with van der Waals surface area (Å²) in [6, 6.07) is 8.84. The molecular formula is C31H26F3N3O8. The standard InChI is InChI=1S/C31H26F3N3O8/c32-21-5-3-18(11-22(21)33)44-19-4-6-24(23(34)12-19)35-31(41)43-14-17-2-1-16-13-37(25-7-8-26(38)36-29(25)39)30(40)27(16)28(17)45-20-9-10-42-15-20/h1-6,11-12,20,25H,7-10,13-15H2,(H,35,41)(H,36,38,39)/t20-,25?/m1/s1. The second-order valence-electron chi connectivity index (χ2n) is 10.6. The molecule has 2 fully saturated rings. The van der Waals surface area contributed by atoms with Crippen LogP contribution in [0.3, 0.4) is 0 Å². The number of hydrogen-bond donors (Lipinski definition) is 2. The van der Waals surface area contributed by atoms with E-state index in [9.17, 15) is 32.3 Å². The zero-order chi connectivity index (χ0) is 31.7. The van der Waals surface area contributed by atoms with E-state index >= 15 is 0 Å². The first-order valence-corrected chi connectivity index (χ1v) is 14.1. The number of fused-ring (bicyclic) bond motifs is 1. The number of anilines is 1. The van der Waals surface area contributed by atoms with E-state index in [2.05, 4.69) is 10.6 Å².